The predicted octanol–water partition coefficient (Wildman–Crippen LogP) is 4.15. The number of aromatic nitrogens is 2. The number of nitrogens with zero attached hydrogens (tertiary/aromatic N) is 1. The standard InChI is InChI=1S/C21H17N3O/c1-13-18(15-8-10-23-11-9-15)19(21(25)24-20(13)22)17-7-6-14-4-2-3-5-16(14)12-17/h2-12H,1H3,(H3,22,24,25). The Morgan fingerprint density at radius 3 is 2.36 bits per heavy atom. The van der Waals surface area contributed by atoms with Gasteiger partial charge in [-0.05, 0) is 52.6 Å². The van der Waals surface area contributed by atoms with E-state index in [0.29, 0.717) is 11.4 Å². The molecular formula is C21H17N3O. The number of hydrogen-bond donors (Lipinski definition) is 2. The zero-order valence-electron chi connectivity index (χ0n) is 13.8. The average Bonchev–Trinajstić information content (AvgIpc) is 2.65. The van der Waals surface area contributed by atoms with Crippen LogP contribution in [-0.4, -0.2) is 9.97 Å². The normalized spacial score (nSPS) is 10.9. The van der Waals surface area contributed by atoms with Crippen LogP contribution in [0.25, 0.3) is 33.0 Å². The largest absolute Gasteiger partial charge is 0.385 e. The SMILES string of the molecule is Cc1c(N)[nH]c(=O)c(-c2ccc3ccccc3c2)c1-c1ccncc1. The smallest absolute Gasteiger partial charge is 0.258 e. The summed E-state index contributed by atoms with van der Waals surface area (Å²) in [6.07, 6.45) is 3.44. The molecule has 0 aliphatic heterocycles. The van der Waals surface area contributed by atoms with E-state index < -0.39 is 0 Å². The topological polar surface area (TPSA) is 71.8 Å². The van der Waals surface area contributed by atoms with Gasteiger partial charge in [0, 0.05) is 18.0 Å². The first-order valence-corrected chi connectivity index (χ1v) is 8.07. The number of benzene rings is 2. The van der Waals surface area contributed by atoms with Gasteiger partial charge in [0.15, 0.2) is 0 Å². The number of nitrogen functional groups attached to an aromatic ring is 1. The van der Waals surface area contributed by atoms with Gasteiger partial charge in [-0.3, -0.25) is 9.78 Å². The Bertz CT molecular complexity index is 1130. The van der Waals surface area contributed by atoms with Crippen molar-refractivity contribution in [3.05, 3.63) is 82.9 Å². The summed E-state index contributed by atoms with van der Waals surface area (Å²) >= 11 is 0. The molecule has 0 fully saturated rings. The Kier molecular flexibility index (Phi) is 3.58. The highest BCUT2D eigenvalue weighted by Crippen LogP contribution is 2.34. The van der Waals surface area contributed by atoms with Gasteiger partial charge in [0.2, 0.25) is 0 Å². The minimum atomic E-state index is -0.190. The number of aromatic amines is 1. The first kappa shape index (κ1) is 15.1. The van der Waals surface area contributed by atoms with Crippen molar-refractivity contribution in [3.8, 4) is 22.3 Å². The van der Waals surface area contributed by atoms with Crippen LogP contribution < -0.4 is 11.3 Å². The van der Waals surface area contributed by atoms with Crippen molar-refractivity contribution in [3.63, 3.8) is 0 Å². The van der Waals surface area contributed by atoms with Crippen LogP contribution in [0.3, 0.4) is 0 Å². The summed E-state index contributed by atoms with van der Waals surface area (Å²) in [5.74, 6) is 0.390. The van der Waals surface area contributed by atoms with Gasteiger partial charge in [0.25, 0.3) is 5.56 Å². The van der Waals surface area contributed by atoms with Gasteiger partial charge < -0.3 is 10.7 Å². The van der Waals surface area contributed by atoms with Crippen LogP contribution in [0.4, 0.5) is 5.82 Å². The maximum absolute atomic E-state index is 12.8. The van der Waals surface area contributed by atoms with Gasteiger partial charge in [-0.2, -0.15) is 0 Å². The van der Waals surface area contributed by atoms with Crippen molar-refractivity contribution < 1.29 is 0 Å². The third kappa shape index (κ3) is 2.58. The molecule has 4 nitrogen and oxygen atoms in total. The van der Waals surface area contributed by atoms with E-state index in [1.54, 1.807) is 12.4 Å². The summed E-state index contributed by atoms with van der Waals surface area (Å²) in [4.78, 5) is 19.6. The number of pyridine rings is 2. The molecule has 4 rings (SSSR count). The molecule has 25 heavy (non-hydrogen) atoms. The van der Waals surface area contributed by atoms with Crippen molar-refractivity contribution in [2.45, 2.75) is 6.92 Å². The molecule has 4 heteroatoms. The Morgan fingerprint density at radius 1 is 0.880 bits per heavy atom. The van der Waals surface area contributed by atoms with Crippen molar-refractivity contribution in [2.75, 3.05) is 5.73 Å². The highest BCUT2D eigenvalue weighted by atomic mass is 16.1. The predicted molar refractivity (Wildman–Crippen MR) is 102 cm³/mol. The van der Waals surface area contributed by atoms with Crippen LogP contribution in [0.2, 0.25) is 0 Å². The van der Waals surface area contributed by atoms with Gasteiger partial charge in [-0.1, -0.05) is 36.4 Å². The number of fused-ring (bicyclic) bond motifs is 1. The van der Waals surface area contributed by atoms with E-state index in [4.69, 9.17) is 5.73 Å². The van der Waals surface area contributed by atoms with Crippen molar-refractivity contribution >= 4 is 16.6 Å². The second-order valence-corrected chi connectivity index (χ2v) is 6.04. The van der Waals surface area contributed by atoms with Crippen LogP contribution in [0.5, 0.6) is 0 Å². The first-order valence-electron chi connectivity index (χ1n) is 8.07. The molecule has 0 spiro atoms. The van der Waals surface area contributed by atoms with Crippen LogP contribution in [-0.2, 0) is 0 Å². The van der Waals surface area contributed by atoms with Gasteiger partial charge in [0.1, 0.15) is 5.82 Å². The summed E-state index contributed by atoms with van der Waals surface area (Å²) < 4.78 is 0. The lowest BCUT2D eigenvalue weighted by Gasteiger charge is -2.15. The first-order chi connectivity index (χ1) is 12.1. The number of anilines is 1. The molecule has 0 radical (unpaired) electrons. The van der Waals surface area contributed by atoms with Crippen LogP contribution >= 0.6 is 0 Å². The molecule has 0 bridgehead atoms. The molecule has 2 heterocycles. The second-order valence-electron chi connectivity index (χ2n) is 6.04. The molecular weight excluding hydrogens is 310 g/mol. The quantitative estimate of drug-likeness (QED) is 0.581. The second kappa shape index (κ2) is 5.91. The molecule has 4 aromatic rings. The van der Waals surface area contributed by atoms with Crippen LogP contribution in [0, 0.1) is 6.92 Å². The molecule has 2 aromatic heterocycles. The van der Waals surface area contributed by atoms with Gasteiger partial charge in [-0.15, -0.1) is 0 Å². The molecule has 0 unspecified atom stereocenters. The van der Waals surface area contributed by atoms with E-state index in [0.717, 1.165) is 33.0 Å². The highest BCUT2D eigenvalue weighted by Gasteiger charge is 2.17. The zero-order valence-corrected chi connectivity index (χ0v) is 13.8. The summed E-state index contributed by atoms with van der Waals surface area (Å²) in [7, 11) is 0. The van der Waals surface area contributed by atoms with Gasteiger partial charge >= 0.3 is 0 Å². The number of nitrogens with one attached hydrogen (secondary N) is 1. The highest BCUT2D eigenvalue weighted by molar-refractivity contribution is 5.92. The van der Waals surface area contributed by atoms with Crippen LogP contribution in [0.1, 0.15) is 5.56 Å². The lowest BCUT2D eigenvalue weighted by atomic mass is 9.92. The van der Waals surface area contributed by atoms with E-state index in [9.17, 15) is 4.79 Å². The van der Waals surface area contributed by atoms with Gasteiger partial charge in [0.05, 0.1) is 5.56 Å². The Labute approximate surface area is 145 Å². The van der Waals surface area contributed by atoms with E-state index in [-0.39, 0.29) is 5.56 Å². The van der Waals surface area contributed by atoms with Crippen molar-refractivity contribution in [1.29, 1.82) is 0 Å². The summed E-state index contributed by atoms with van der Waals surface area (Å²) in [6, 6.07) is 17.9. The lowest BCUT2D eigenvalue weighted by molar-refractivity contribution is 1.21. The Balaban J connectivity index is 2.06. The molecule has 0 atom stereocenters. The van der Waals surface area contributed by atoms with E-state index in [1.165, 1.54) is 0 Å². The molecule has 0 saturated carbocycles. The zero-order chi connectivity index (χ0) is 17.4. The number of nitrogens with two attached hydrogens (primary N) is 1. The molecule has 0 amide bonds. The fourth-order valence-corrected chi connectivity index (χ4v) is 3.21. The monoisotopic (exact) mass is 327 g/mol. The van der Waals surface area contributed by atoms with E-state index in [2.05, 4.69) is 16.0 Å². The maximum atomic E-state index is 12.8. The number of rotatable bonds is 2. The third-order valence-electron chi connectivity index (χ3n) is 4.51. The third-order valence-corrected chi connectivity index (χ3v) is 4.51. The molecule has 122 valence electrons. The Hall–Kier alpha value is -3.40. The molecule has 2 aromatic carbocycles. The summed E-state index contributed by atoms with van der Waals surface area (Å²) in [5, 5.41) is 2.23. The minimum absolute atomic E-state index is 0.190. The lowest BCUT2D eigenvalue weighted by Crippen LogP contribution is -2.15. The van der Waals surface area contributed by atoms with Gasteiger partial charge in [-0.25, -0.2) is 0 Å². The summed E-state index contributed by atoms with van der Waals surface area (Å²) in [5.41, 5.74) is 9.96. The van der Waals surface area contributed by atoms with Crippen molar-refractivity contribution in [1.82, 2.24) is 9.97 Å². The number of hydrogen-bond acceptors (Lipinski definition) is 3. The molecule has 0 aliphatic rings. The van der Waals surface area contributed by atoms with E-state index in [1.807, 2.05) is 55.5 Å². The number of H-pyrrole nitrogens is 1. The summed E-state index contributed by atoms with van der Waals surface area (Å²) in [6.45, 7) is 1.92. The fourth-order valence-electron chi connectivity index (χ4n) is 3.21. The molecule has 0 aliphatic carbocycles. The minimum Gasteiger partial charge on any atom is -0.385 e. The van der Waals surface area contributed by atoms with E-state index >= 15 is 0 Å². The molecule has 3 N–H and O–H groups in total. The van der Waals surface area contributed by atoms with Crippen LogP contribution in [0.15, 0.2) is 71.8 Å². The van der Waals surface area contributed by atoms with Crippen molar-refractivity contribution in [2.24, 2.45) is 0 Å². The fraction of sp³-hybridized carbons (Fsp3) is 0.0476. The Morgan fingerprint density at radius 2 is 1.60 bits per heavy atom. The molecule has 0 saturated heterocycles. The maximum Gasteiger partial charge on any atom is 0.258 e. The average molecular weight is 327 g/mol.